The zero-order valence-electron chi connectivity index (χ0n) is 8.84. The van der Waals surface area contributed by atoms with Gasteiger partial charge in [0.05, 0.1) is 0 Å². The van der Waals surface area contributed by atoms with Gasteiger partial charge in [-0.25, -0.2) is 0 Å². The summed E-state index contributed by atoms with van der Waals surface area (Å²) < 4.78 is 0. The van der Waals surface area contributed by atoms with E-state index in [4.69, 9.17) is 0 Å². The van der Waals surface area contributed by atoms with Crippen molar-refractivity contribution in [3.05, 3.63) is 0 Å². The van der Waals surface area contributed by atoms with Gasteiger partial charge in [0.15, 0.2) is 0 Å². The Morgan fingerprint density at radius 1 is 0.846 bits per heavy atom. The fraction of sp³-hybridized carbons (Fsp3) is 1.00. The summed E-state index contributed by atoms with van der Waals surface area (Å²) in [5, 5.41) is 0. The summed E-state index contributed by atoms with van der Waals surface area (Å²) in [7, 11) is 0. The molecule has 0 aromatic heterocycles. The fourth-order valence-electron chi connectivity index (χ4n) is 4.85. The summed E-state index contributed by atoms with van der Waals surface area (Å²) in [6.45, 7) is 2.53. The molecule has 0 spiro atoms. The van der Waals surface area contributed by atoms with Gasteiger partial charge in [0.2, 0.25) is 0 Å². The van der Waals surface area contributed by atoms with Crippen molar-refractivity contribution in [1.82, 2.24) is 0 Å². The minimum Gasteiger partial charge on any atom is -0.0622 e. The summed E-state index contributed by atoms with van der Waals surface area (Å²) in [6, 6.07) is 0. The Kier molecular flexibility index (Phi) is 1.92. The molecular formula is C13H22. The normalized spacial score (nSPS) is 54.7. The first-order chi connectivity index (χ1) is 6.36. The molecule has 0 bridgehead atoms. The molecule has 0 radical (unpaired) electrons. The molecule has 0 amide bonds. The molecule has 13 heavy (non-hydrogen) atoms. The smallest absolute Gasteiger partial charge is 0.0329 e. The summed E-state index contributed by atoms with van der Waals surface area (Å²) in [5.41, 5.74) is 0. The SMILES string of the molecule is CC1CCCC2CC3CCCC3C12. The lowest BCUT2D eigenvalue weighted by atomic mass is 9.71. The van der Waals surface area contributed by atoms with Crippen LogP contribution in [0.1, 0.15) is 51.9 Å². The predicted octanol–water partition coefficient (Wildman–Crippen LogP) is 3.86. The van der Waals surface area contributed by atoms with Crippen molar-refractivity contribution in [2.75, 3.05) is 0 Å². The topological polar surface area (TPSA) is 0 Å². The van der Waals surface area contributed by atoms with E-state index in [1.54, 1.807) is 32.1 Å². The molecular weight excluding hydrogens is 156 g/mol. The van der Waals surface area contributed by atoms with Crippen molar-refractivity contribution in [2.24, 2.45) is 29.6 Å². The Hall–Kier alpha value is 0. The Morgan fingerprint density at radius 3 is 2.54 bits per heavy atom. The first-order valence-electron chi connectivity index (χ1n) is 6.36. The maximum Gasteiger partial charge on any atom is -0.0329 e. The van der Waals surface area contributed by atoms with Gasteiger partial charge < -0.3 is 0 Å². The molecule has 0 N–H and O–H groups in total. The molecule has 3 rings (SSSR count). The second kappa shape index (κ2) is 3.00. The third-order valence-electron chi connectivity index (χ3n) is 5.25. The average Bonchev–Trinajstić information content (AvgIpc) is 2.62. The van der Waals surface area contributed by atoms with E-state index >= 15 is 0 Å². The highest BCUT2D eigenvalue weighted by Gasteiger charge is 2.47. The Bertz CT molecular complexity index is 196. The van der Waals surface area contributed by atoms with Gasteiger partial charge in [-0.05, 0) is 42.4 Å². The lowest BCUT2D eigenvalue weighted by Crippen LogP contribution is -2.26. The summed E-state index contributed by atoms with van der Waals surface area (Å²) in [6.07, 6.45) is 10.9. The van der Waals surface area contributed by atoms with Crippen LogP contribution in [0.3, 0.4) is 0 Å². The van der Waals surface area contributed by atoms with Crippen molar-refractivity contribution >= 4 is 0 Å². The summed E-state index contributed by atoms with van der Waals surface area (Å²) in [5.74, 6) is 5.70. The van der Waals surface area contributed by atoms with Crippen molar-refractivity contribution in [1.29, 1.82) is 0 Å². The largest absolute Gasteiger partial charge is 0.0622 e. The molecule has 0 nitrogen and oxygen atoms in total. The van der Waals surface area contributed by atoms with Crippen LogP contribution in [0, 0.1) is 29.6 Å². The first kappa shape index (κ1) is 8.32. The molecule has 0 aromatic carbocycles. The molecule has 0 heterocycles. The highest BCUT2D eigenvalue weighted by molar-refractivity contribution is 4.97. The van der Waals surface area contributed by atoms with Crippen molar-refractivity contribution in [3.8, 4) is 0 Å². The third-order valence-corrected chi connectivity index (χ3v) is 5.25. The van der Waals surface area contributed by atoms with Crippen LogP contribution in [-0.4, -0.2) is 0 Å². The Balaban J connectivity index is 1.83. The summed E-state index contributed by atoms with van der Waals surface area (Å²) in [4.78, 5) is 0. The molecule has 5 atom stereocenters. The average molecular weight is 178 g/mol. The van der Waals surface area contributed by atoms with Crippen LogP contribution in [-0.2, 0) is 0 Å². The van der Waals surface area contributed by atoms with Crippen LogP contribution >= 0.6 is 0 Å². The highest BCUT2D eigenvalue weighted by atomic mass is 14.5. The number of hydrogen-bond acceptors (Lipinski definition) is 0. The van der Waals surface area contributed by atoms with E-state index in [0.29, 0.717) is 0 Å². The molecule has 3 saturated carbocycles. The number of hydrogen-bond donors (Lipinski definition) is 0. The second-order valence-electron chi connectivity index (χ2n) is 5.84. The predicted molar refractivity (Wildman–Crippen MR) is 55.4 cm³/mol. The first-order valence-corrected chi connectivity index (χ1v) is 6.36. The van der Waals surface area contributed by atoms with E-state index in [-0.39, 0.29) is 0 Å². The Morgan fingerprint density at radius 2 is 1.62 bits per heavy atom. The van der Waals surface area contributed by atoms with Crippen LogP contribution in [0.2, 0.25) is 0 Å². The van der Waals surface area contributed by atoms with E-state index < -0.39 is 0 Å². The third kappa shape index (κ3) is 1.17. The van der Waals surface area contributed by atoms with E-state index in [0.717, 1.165) is 23.7 Å². The fourth-order valence-corrected chi connectivity index (χ4v) is 4.85. The molecule has 74 valence electrons. The van der Waals surface area contributed by atoms with Crippen molar-refractivity contribution in [3.63, 3.8) is 0 Å². The van der Waals surface area contributed by atoms with E-state index in [1.807, 2.05) is 0 Å². The van der Waals surface area contributed by atoms with Gasteiger partial charge >= 0.3 is 0 Å². The van der Waals surface area contributed by atoms with Gasteiger partial charge in [0.25, 0.3) is 0 Å². The van der Waals surface area contributed by atoms with Crippen LogP contribution in [0.15, 0.2) is 0 Å². The number of fused-ring (bicyclic) bond motifs is 3. The van der Waals surface area contributed by atoms with Crippen LogP contribution in [0.4, 0.5) is 0 Å². The highest BCUT2D eigenvalue weighted by Crippen LogP contribution is 2.56. The molecule has 3 aliphatic carbocycles. The molecule has 0 heteroatoms. The molecule has 0 aliphatic heterocycles. The Labute approximate surface area is 82.1 Å². The monoisotopic (exact) mass is 178 g/mol. The maximum atomic E-state index is 2.53. The van der Waals surface area contributed by atoms with E-state index in [9.17, 15) is 0 Å². The zero-order valence-corrected chi connectivity index (χ0v) is 8.84. The zero-order chi connectivity index (χ0) is 8.84. The lowest BCUT2D eigenvalue weighted by Gasteiger charge is -2.34. The van der Waals surface area contributed by atoms with Gasteiger partial charge in [-0.15, -0.1) is 0 Å². The second-order valence-corrected chi connectivity index (χ2v) is 5.84. The molecule has 5 unspecified atom stereocenters. The summed E-state index contributed by atoms with van der Waals surface area (Å²) >= 11 is 0. The van der Waals surface area contributed by atoms with Gasteiger partial charge in [0, 0.05) is 0 Å². The molecule has 0 saturated heterocycles. The van der Waals surface area contributed by atoms with Gasteiger partial charge in [-0.2, -0.15) is 0 Å². The maximum absolute atomic E-state index is 2.53. The van der Waals surface area contributed by atoms with Gasteiger partial charge in [-0.3, -0.25) is 0 Å². The van der Waals surface area contributed by atoms with Crippen LogP contribution in [0.5, 0.6) is 0 Å². The van der Waals surface area contributed by atoms with Crippen LogP contribution in [0.25, 0.3) is 0 Å². The van der Waals surface area contributed by atoms with E-state index in [2.05, 4.69) is 6.92 Å². The van der Waals surface area contributed by atoms with Crippen molar-refractivity contribution < 1.29 is 0 Å². The van der Waals surface area contributed by atoms with Gasteiger partial charge in [0.1, 0.15) is 0 Å². The van der Waals surface area contributed by atoms with Crippen molar-refractivity contribution in [2.45, 2.75) is 51.9 Å². The lowest BCUT2D eigenvalue weighted by molar-refractivity contribution is 0.151. The number of rotatable bonds is 0. The van der Waals surface area contributed by atoms with E-state index in [1.165, 1.54) is 18.8 Å². The molecule has 3 fully saturated rings. The standard InChI is InChI=1S/C13H22/c1-9-4-2-6-11-8-10-5-3-7-12(10)13(9)11/h9-13H,2-8H2,1H3. The molecule has 3 aliphatic rings. The quantitative estimate of drug-likeness (QED) is 0.528. The van der Waals surface area contributed by atoms with Crippen LogP contribution < -0.4 is 0 Å². The van der Waals surface area contributed by atoms with Gasteiger partial charge in [-0.1, -0.05) is 39.0 Å². The minimum absolute atomic E-state index is 1.06. The molecule has 0 aromatic rings. The minimum atomic E-state index is 1.06.